The van der Waals surface area contributed by atoms with E-state index >= 15 is 0 Å². The van der Waals surface area contributed by atoms with Gasteiger partial charge < -0.3 is 10.0 Å². The molecule has 2 heterocycles. The highest BCUT2D eigenvalue weighted by atomic mass is 32.1. The number of hydrogen-bond donors (Lipinski definition) is 1. The number of nitrogens with zero attached hydrogens (tertiary/aromatic N) is 2. The molecule has 0 spiro atoms. The summed E-state index contributed by atoms with van der Waals surface area (Å²) in [6.45, 7) is 10.5. The maximum absolute atomic E-state index is 10.2. The van der Waals surface area contributed by atoms with Crippen molar-refractivity contribution < 1.29 is 5.11 Å². The summed E-state index contributed by atoms with van der Waals surface area (Å²) >= 11 is 1.69. The zero-order chi connectivity index (χ0) is 14.8. The summed E-state index contributed by atoms with van der Waals surface area (Å²) in [5.41, 5.74) is 0.309. The molecule has 1 aromatic rings. The minimum Gasteiger partial charge on any atom is -0.385 e. The van der Waals surface area contributed by atoms with Gasteiger partial charge in [0, 0.05) is 19.0 Å². The van der Waals surface area contributed by atoms with Gasteiger partial charge in [-0.3, -0.25) is 0 Å². The largest absolute Gasteiger partial charge is 0.385 e. The first-order chi connectivity index (χ1) is 9.41. The third kappa shape index (κ3) is 3.80. The Bertz CT molecular complexity index is 436. The van der Waals surface area contributed by atoms with E-state index in [1.54, 1.807) is 11.3 Å². The average molecular weight is 296 g/mol. The lowest BCUT2D eigenvalue weighted by molar-refractivity contribution is 0.0814. The van der Waals surface area contributed by atoms with E-state index in [9.17, 15) is 5.11 Å². The summed E-state index contributed by atoms with van der Waals surface area (Å²) < 4.78 is 0. The monoisotopic (exact) mass is 296 g/mol. The number of hydrogen-bond acceptors (Lipinski definition) is 4. The van der Waals surface area contributed by atoms with Crippen LogP contribution in [0.5, 0.6) is 0 Å². The molecule has 4 heteroatoms. The molecule has 0 saturated carbocycles. The summed E-state index contributed by atoms with van der Waals surface area (Å²) in [4.78, 5) is 8.36. The molecule has 1 saturated heterocycles. The van der Waals surface area contributed by atoms with Gasteiger partial charge in [-0.1, -0.05) is 13.3 Å². The van der Waals surface area contributed by atoms with Gasteiger partial charge in [0.25, 0.3) is 0 Å². The number of aliphatic hydroxyl groups is 1. The van der Waals surface area contributed by atoms with Crippen molar-refractivity contribution >= 4 is 11.3 Å². The first-order valence-electron chi connectivity index (χ1n) is 7.87. The Balaban J connectivity index is 2.01. The lowest BCUT2D eigenvalue weighted by Gasteiger charge is -2.33. The summed E-state index contributed by atoms with van der Waals surface area (Å²) in [6.07, 6.45) is 5.94. The maximum Gasteiger partial charge on any atom is 0.0950 e. The SMILES string of the molecule is CCc1nc(CCN2CCCCC2C)sc1C(C)(C)O. The Morgan fingerprint density at radius 3 is 2.70 bits per heavy atom. The van der Waals surface area contributed by atoms with Crippen LogP contribution in [0.4, 0.5) is 0 Å². The highest BCUT2D eigenvalue weighted by Gasteiger charge is 2.24. The average Bonchev–Trinajstić information content (AvgIpc) is 2.81. The van der Waals surface area contributed by atoms with Crippen LogP contribution < -0.4 is 0 Å². The minimum absolute atomic E-state index is 0.711. The standard InChI is InChI=1S/C16H28N2OS/c1-5-13-15(16(3,4)19)20-14(17-13)9-11-18-10-7-6-8-12(18)2/h12,19H,5-11H2,1-4H3. The quantitative estimate of drug-likeness (QED) is 0.905. The zero-order valence-electron chi connectivity index (χ0n) is 13.3. The van der Waals surface area contributed by atoms with E-state index in [2.05, 4.69) is 18.7 Å². The summed E-state index contributed by atoms with van der Waals surface area (Å²) in [6, 6.07) is 0.711. The molecule has 114 valence electrons. The Morgan fingerprint density at radius 1 is 1.40 bits per heavy atom. The van der Waals surface area contributed by atoms with Crippen molar-refractivity contribution in [3.8, 4) is 0 Å². The fourth-order valence-electron chi connectivity index (χ4n) is 2.95. The fourth-order valence-corrected chi connectivity index (χ4v) is 4.10. The predicted molar refractivity (Wildman–Crippen MR) is 85.3 cm³/mol. The normalized spacial score (nSPS) is 21.4. The summed E-state index contributed by atoms with van der Waals surface area (Å²) in [7, 11) is 0. The molecule has 3 nitrogen and oxygen atoms in total. The van der Waals surface area contributed by atoms with Crippen LogP contribution in [0.2, 0.25) is 0 Å². The van der Waals surface area contributed by atoms with Crippen LogP contribution in [0.1, 0.15) is 62.5 Å². The number of aromatic nitrogens is 1. The van der Waals surface area contributed by atoms with Gasteiger partial charge in [-0.05, 0) is 46.6 Å². The molecule has 1 unspecified atom stereocenters. The zero-order valence-corrected chi connectivity index (χ0v) is 14.1. The van der Waals surface area contributed by atoms with E-state index in [-0.39, 0.29) is 0 Å². The Morgan fingerprint density at radius 2 is 2.15 bits per heavy atom. The van der Waals surface area contributed by atoms with Crippen LogP contribution in [0.3, 0.4) is 0 Å². The van der Waals surface area contributed by atoms with Crippen molar-refractivity contribution in [2.24, 2.45) is 0 Å². The van der Waals surface area contributed by atoms with Gasteiger partial charge >= 0.3 is 0 Å². The van der Waals surface area contributed by atoms with Crippen LogP contribution >= 0.6 is 11.3 Å². The topological polar surface area (TPSA) is 36.4 Å². The second-order valence-corrected chi connectivity index (χ2v) is 7.51. The lowest BCUT2D eigenvalue weighted by Crippen LogP contribution is -2.38. The van der Waals surface area contributed by atoms with Crippen LogP contribution in [0, 0.1) is 0 Å². The predicted octanol–water partition coefficient (Wildman–Crippen LogP) is 3.35. The van der Waals surface area contributed by atoms with Gasteiger partial charge in [0.05, 0.1) is 21.2 Å². The molecule has 2 rings (SSSR count). The van der Waals surface area contributed by atoms with Gasteiger partial charge in [0.1, 0.15) is 0 Å². The van der Waals surface area contributed by atoms with E-state index in [0.717, 1.165) is 30.0 Å². The Hall–Kier alpha value is -0.450. The highest BCUT2D eigenvalue weighted by molar-refractivity contribution is 7.11. The molecule has 1 N–H and O–H groups in total. The highest BCUT2D eigenvalue weighted by Crippen LogP contribution is 2.30. The fraction of sp³-hybridized carbons (Fsp3) is 0.812. The molecule has 1 fully saturated rings. The van der Waals surface area contributed by atoms with Crippen molar-refractivity contribution in [1.82, 2.24) is 9.88 Å². The molecule has 0 amide bonds. The summed E-state index contributed by atoms with van der Waals surface area (Å²) in [5.74, 6) is 0. The molecule has 20 heavy (non-hydrogen) atoms. The van der Waals surface area contributed by atoms with E-state index in [1.807, 2.05) is 13.8 Å². The van der Waals surface area contributed by atoms with Crippen LogP contribution in [0.25, 0.3) is 0 Å². The molecule has 1 atom stereocenters. The number of aryl methyl sites for hydroxylation is 1. The van der Waals surface area contributed by atoms with E-state index < -0.39 is 5.60 Å². The molecule has 0 aromatic carbocycles. The molecule has 1 aromatic heterocycles. The third-order valence-electron chi connectivity index (χ3n) is 4.19. The maximum atomic E-state index is 10.2. The van der Waals surface area contributed by atoms with Crippen molar-refractivity contribution in [3.63, 3.8) is 0 Å². The lowest BCUT2D eigenvalue weighted by atomic mass is 10.0. The van der Waals surface area contributed by atoms with E-state index in [0.29, 0.717) is 6.04 Å². The van der Waals surface area contributed by atoms with E-state index in [4.69, 9.17) is 4.98 Å². The number of piperidine rings is 1. The van der Waals surface area contributed by atoms with Crippen LogP contribution in [0.15, 0.2) is 0 Å². The first kappa shape index (κ1) is 15.9. The third-order valence-corrected chi connectivity index (χ3v) is 5.66. The molecular formula is C16H28N2OS. The van der Waals surface area contributed by atoms with Crippen molar-refractivity contribution in [2.45, 2.75) is 71.4 Å². The van der Waals surface area contributed by atoms with Crippen molar-refractivity contribution in [2.75, 3.05) is 13.1 Å². The number of rotatable bonds is 5. The first-order valence-corrected chi connectivity index (χ1v) is 8.69. The van der Waals surface area contributed by atoms with Gasteiger partial charge in [-0.2, -0.15) is 0 Å². The molecular weight excluding hydrogens is 268 g/mol. The Kier molecular flexibility index (Phi) is 5.21. The van der Waals surface area contributed by atoms with Crippen LogP contribution in [-0.2, 0) is 18.4 Å². The van der Waals surface area contributed by atoms with Gasteiger partial charge in [-0.25, -0.2) is 4.98 Å². The van der Waals surface area contributed by atoms with Gasteiger partial charge in [-0.15, -0.1) is 11.3 Å². The molecule has 0 aliphatic carbocycles. The van der Waals surface area contributed by atoms with Crippen molar-refractivity contribution in [1.29, 1.82) is 0 Å². The minimum atomic E-state index is -0.764. The second kappa shape index (κ2) is 6.54. The smallest absolute Gasteiger partial charge is 0.0950 e. The Labute approximate surface area is 127 Å². The van der Waals surface area contributed by atoms with E-state index in [1.165, 1.54) is 30.8 Å². The van der Waals surface area contributed by atoms with Gasteiger partial charge in [0.15, 0.2) is 0 Å². The molecule has 1 aliphatic rings. The number of likely N-dealkylation sites (tertiary alicyclic amines) is 1. The molecule has 1 aliphatic heterocycles. The van der Waals surface area contributed by atoms with Crippen molar-refractivity contribution in [3.05, 3.63) is 15.6 Å². The molecule has 0 radical (unpaired) electrons. The summed E-state index contributed by atoms with van der Waals surface area (Å²) in [5, 5.41) is 11.4. The second-order valence-electron chi connectivity index (χ2n) is 6.43. The van der Waals surface area contributed by atoms with Gasteiger partial charge in [0.2, 0.25) is 0 Å². The number of thiazole rings is 1. The molecule has 0 bridgehead atoms. The van der Waals surface area contributed by atoms with Crippen LogP contribution in [-0.4, -0.2) is 34.1 Å².